The van der Waals surface area contributed by atoms with Gasteiger partial charge in [-0.2, -0.15) is 0 Å². The van der Waals surface area contributed by atoms with E-state index in [1.807, 2.05) is 0 Å². The predicted molar refractivity (Wildman–Crippen MR) is 124 cm³/mol. The Kier molecular flexibility index (Phi) is 6.81. The largest absolute Gasteiger partial charge is 0.478 e. The molecular weight excluding hydrogens is 454 g/mol. The molecule has 0 bridgehead atoms. The van der Waals surface area contributed by atoms with Gasteiger partial charge < -0.3 is 20.1 Å². The molecule has 1 atom stereocenters. The molecule has 4 rings (SSSR count). The molecule has 182 valence electrons. The molecule has 10 nitrogen and oxygen atoms in total. The van der Waals surface area contributed by atoms with Crippen molar-refractivity contribution >= 4 is 35.3 Å². The molecule has 35 heavy (non-hydrogen) atoms. The van der Waals surface area contributed by atoms with E-state index < -0.39 is 18.0 Å². The van der Waals surface area contributed by atoms with Crippen LogP contribution in [0.25, 0.3) is 0 Å². The minimum absolute atomic E-state index is 0.0926. The number of carboxylic acid groups (broad SMARTS) is 1. The standard InChI is InChI=1S/C25H25N3O7/c1-35-21(29)13-20-24(32)27(14-16-12-15(25(33)34)8-9-19(16)26-20)10-4-5-11-28-22(30)17-6-2-3-7-18(17)23(28)31/h2-3,6-9,12,20,26H,4-5,10-11,13-14H2,1H3,(H,33,34)/t20-/m0/s1. The van der Waals surface area contributed by atoms with Gasteiger partial charge in [0, 0.05) is 25.3 Å². The highest BCUT2D eigenvalue weighted by atomic mass is 16.5. The number of carbonyl (C=O) groups is 5. The van der Waals surface area contributed by atoms with Crippen molar-refractivity contribution in [2.45, 2.75) is 31.8 Å². The van der Waals surface area contributed by atoms with Crippen LogP contribution >= 0.6 is 0 Å². The molecule has 0 radical (unpaired) electrons. The van der Waals surface area contributed by atoms with Crippen molar-refractivity contribution < 1.29 is 33.8 Å². The minimum Gasteiger partial charge on any atom is -0.478 e. The van der Waals surface area contributed by atoms with Crippen LogP contribution in [-0.4, -0.2) is 70.8 Å². The van der Waals surface area contributed by atoms with E-state index in [2.05, 4.69) is 5.32 Å². The number of nitrogens with zero attached hydrogens (tertiary/aromatic N) is 2. The molecule has 0 fully saturated rings. The zero-order valence-corrected chi connectivity index (χ0v) is 19.2. The van der Waals surface area contributed by atoms with E-state index in [4.69, 9.17) is 4.74 Å². The van der Waals surface area contributed by atoms with Gasteiger partial charge in [0.25, 0.3) is 11.8 Å². The fraction of sp³-hybridized carbons (Fsp3) is 0.320. The van der Waals surface area contributed by atoms with E-state index in [0.717, 1.165) is 0 Å². The van der Waals surface area contributed by atoms with Crippen LogP contribution in [0.2, 0.25) is 0 Å². The molecule has 0 aromatic heterocycles. The van der Waals surface area contributed by atoms with Crippen molar-refractivity contribution in [3.63, 3.8) is 0 Å². The number of carboxylic acids is 1. The maximum Gasteiger partial charge on any atom is 0.335 e. The van der Waals surface area contributed by atoms with E-state index in [-0.39, 0.29) is 42.8 Å². The van der Waals surface area contributed by atoms with Crippen molar-refractivity contribution in [3.8, 4) is 0 Å². The summed E-state index contributed by atoms with van der Waals surface area (Å²) in [4.78, 5) is 64.4. The Labute approximate surface area is 201 Å². The number of amides is 3. The zero-order chi connectivity index (χ0) is 25.1. The highest BCUT2D eigenvalue weighted by Gasteiger charge is 2.35. The molecule has 0 aliphatic carbocycles. The summed E-state index contributed by atoms with van der Waals surface area (Å²) in [5, 5.41) is 12.4. The third kappa shape index (κ3) is 4.86. The average Bonchev–Trinajstić information content (AvgIpc) is 3.01. The summed E-state index contributed by atoms with van der Waals surface area (Å²) >= 11 is 0. The number of aromatic carboxylic acids is 1. The molecule has 2 aromatic rings. The van der Waals surface area contributed by atoms with Gasteiger partial charge in [-0.05, 0) is 48.7 Å². The first kappa shape index (κ1) is 23.9. The number of unbranched alkanes of at least 4 members (excludes halogenated alkanes) is 1. The number of imide groups is 1. The maximum absolute atomic E-state index is 13.2. The number of anilines is 1. The van der Waals surface area contributed by atoms with Gasteiger partial charge in [0.05, 0.1) is 30.2 Å². The molecule has 2 aliphatic heterocycles. The Balaban J connectivity index is 1.44. The normalized spacial score (nSPS) is 16.9. The van der Waals surface area contributed by atoms with Crippen LogP contribution in [0.3, 0.4) is 0 Å². The number of rotatable bonds is 8. The Morgan fingerprint density at radius 3 is 2.31 bits per heavy atom. The number of hydrogen-bond donors (Lipinski definition) is 2. The Bertz CT molecular complexity index is 1170. The monoisotopic (exact) mass is 479 g/mol. The fourth-order valence-corrected chi connectivity index (χ4v) is 4.34. The van der Waals surface area contributed by atoms with Gasteiger partial charge in [-0.15, -0.1) is 0 Å². The Hall–Kier alpha value is -4.21. The van der Waals surface area contributed by atoms with Gasteiger partial charge in [-0.1, -0.05) is 12.1 Å². The lowest BCUT2D eigenvalue weighted by atomic mass is 10.1. The lowest BCUT2D eigenvalue weighted by Crippen LogP contribution is -2.42. The second kappa shape index (κ2) is 9.96. The van der Waals surface area contributed by atoms with E-state index in [1.54, 1.807) is 35.2 Å². The molecule has 0 saturated carbocycles. The number of ether oxygens (including phenoxy) is 1. The lowest BCUT2D eigenvalue weighted by molar-refractivity contribution is -0.144. The molecule has 2 aliphatic rings. The third-order valence-corrected chi connectivity index (χ3v) is 6.19. The third-order valence-electron chi connectivity index (χ3n) is 6.19. The summed E-state index contributed by atoms with van der Waals surface area (Å²) in [7, 11) is 1.24. The second-order valence-corrected chi connectivity index (χ2v) is 8.43. The average molecular weight is 479 g/mol. The Morgan fingerprint density at radius 2 is 1.69 bits per heavy atom. The number of hydrogen-bond acceptors (Lipinski definition) is 7. The Morgan fingerprint density at radius 1 is 1.03 bits per heavy atom. The van der Waals surface area contributed by atoms with Gasteiger partial charge >= 0.3 is 11.9 Å². The van der Waals surface area contributed by atoms with Gasteiger partial charge in [-0.3, -0.25) is 24.1 Å². The number of methoxy groups -OCH3 is 1. The highest BCUT2D eigenvalue weighted by Crippen LogP contribution is 2.27. The van der Waals surface area contributed by atoms with Crippen molar-refractivity contribution in [2.75, 3.05) is 25.5 Å². The highest BCUT2D eigenvalue weighted by molar-refractivity contribution is 6.21. The van der Waals surface area contributed by atoms with Crippen molar-refractivity contribution in [1.29, 1.82) is 0 Å². The fourth-order valence-electron chi connectivity index (χ4n) is 4.34. The first-order valence-corrected chi connectivity index (χ1v) is 11.2. The SMILES string of the molecule is COC(=O)C[C@@H]1Nc2ccc(C(=O)O)cc2CN(CCCCN2C(=O)c3ccccc3C2=O)C1=O. The molecule has 10 heteroatoms. The van der Waals surface area contributed by atoms with Crippen LogP contribution in [0.5, 0.6) is 0 Å². The maximum atomic E-state index is 13.2. The molecule has 2 N–H and O–H groups in total. The van der Waals surface area contributed by atoms with Gasteiger partial charge in [-0.25, -0.2) is 4.79 Å². The van der Waals surface area contributed by atoms with Crippen LogP contribution < -0.4 is 5.32 Å². The van der Waals surface area contributed by atoms with E-state index in [9.17, 15) is 29.1 Å². The van der Waals surface area contributed by atoms with Crippen LogP contribution in [0.1, 0.15) is 55.9 Å². The molecule has 2 aromatic carbocycles. The molecule has 2 heterocycles. The minimum atomic E-state index is -1.08. The van der Waals surface area contributed by atoms with Gasteiger partial charge in [0.15, 0.2) is 0 Å². The number of esters is 1. The summed E-state index contributed by atoms with van der Waals surface area (Å²) in [6.45, 7) is 0.684. The number of nitrogens with one attached hydrogen (secondary N) is 1. The summed E-state index contributed by atoms with van der Waals surface area (Å²) < 4.78 is 4.72. The number of fused-ring (bicyclic) bond motifs is 2. The van der Waals surface area contributed by atoms with Gasteiger partial charge in [0.1, 0.15) is 6.04 Å². The van der Waals surface area contributed by atoms with E-state index >= 15 is 0 Å². The van der Waals surface area contributed by atoms with Crippen LogP contribution in [0, 0.1) is 0 Å². The van der Waals surface area contributed by atoms with Gasteiger partial charge in [0.2, 0.25) is 5.91 Å². The smallest absolute Gasteiger partial charge is 0.335 e. The number of carbonyl (C=O) groups excluding carboxylic acids is 4. The summed E-state index contributed by atoms with van der Waals surface area (Å²) in [5.41, 5.74) is 2.07. The second-order valence-electron chi connectivity index (χ2n) is 8.43. The molecule has 0 unspecified atom stereocenters. The van der Waals surface area contributed by atoms with Crippen molar-refractivity contribution in [3.05, 3.63) is 64.7 Å². The molecule has 3 amide bonds. The van der Waals surface area contributed by atoms with Crippen LogP contribution in [-0.2, 0) is 20.9 Å². The zero-order valence-electron chi connectivity index (χ0n) is 19.2. The molecule has 0 saturated heterocycles. The molecular formula is C25H25N3O7. The first-order chi connectivity index (χ1) is 16.8. The molecule has 0 spiro atoms. The summed E-state index contributed by atoms with van der Waals surface area (Å²) in [6.07, 6.45) is 0.797. The van der Waals surface area contributed by atoms with E-state index in [0.29, 0.717) is 41.8 Å². The van der Waals surface area contributed by atoms with E-state index in [1.165, 1.54) is 24.1 Å². The number of benzene rings is 2. The van der Waals surface area contributed by atoms with Crippen LogP contribution in [0.15, 0.2) is 42.5 Å². The summed E-state index contributed by atoms with van der Waals surface area (Å²) in [6, 6.07) is 10.3. The topological polar surface area (TPSA) is 133 Å². The summed E-state index contributed by atoms with van der Waals surface area (Å²) in [5.74, 6) is -2.60. The lowest BCUT2D eigenvalue weighted by Gasteiger charge is -2.24. The quantitative estimate of drug-likeness (QED) is 0.334. The first-order valence-electron chi connectivity index (χ1n) is 11.2. The predicted octanol–water partition coefficient (Wildman–Crippen LogP) is 2.15. The van der Waals surface area contributed by atoms with Crippen molar-refractivity contribution in [1.82, 2.24) is 9.80 Å². The van der Waals surface area contributed by atoms with Crippen molar-refractivity contribution in [2.24, 2.45) is 0 Å². The van der Waals surface area contributed by atoms with Crippen LogP contribution in [0.4, 0.5) is 5.69 Å².